The first kappa shape index (κ1) is 16.6. The number of furan rings is 1. The van der Waals surface area contributed by atoms with Crippen LogP contribution in [0.2, 0.25) is 0 Å². The van der Waals surface area contributed by atoms with Crippen LogP contribution in [-0.4, -0.2) is 29.6 Å². The molecule has 2 aromatic heterocycles. The Labute approximate surface area is 146 Å². The van der Waals surface area contributed by atoms with Crippen molar-refractivity contribution in [1.29, 1.82) is 0 Å². The highest BCUT2D eigenvalue weighted by molar-refractivity contribution is 8.00. The molecule has 0 atom stereocenters. The normalized spacial score (nSPS) is 10.8. The number of hydrogen-bond donors (Lipinski definition) is 2. The van der Waals surface area contributed by atoms with E-state index in [0.29, 0.717) is 18.1 Å². The lowest BCUT2D eigenvalue weighted by Crippen LogP contribution is -2.34. The highest BCUT2D eigenvalue weighted by Gasteiger charge is 2.15. The van der Waals surface area contributed by atoms with Crippen LogP contribution in [0.4, 0.5) is 4.79 Å². The maximum Gasteiger partial charge on any atom is 0.315 e. The Morgan fingerprint density at radius 2 is 2.08 bits per heavy atom. The predicted octanol–water partition coefficient (Wildman–Crippen LogP) is 3.01. The molecule has 24 heavy (non-hydrogen) atoms. The van der Waals surface area contributed by atoms with E-state index < -0.39 is 0 Å². The van der Waals surface area contributed by atoms with Gasteiger partial charge in [-0.05, 0) is 18.4 Å². The Morgan fingerprint density at radius 3 is 2.83 bits per heavy atom. The second-order valence-corrected chi connectivity index (χ2v) is 6.87. The number of nitrogens with zero attached hydrogens (tertiary/aromatic N) is 2. The van der Waals surface area contributed by atoms with Gasteiger partial charge in [0.2, 0.25) is 0 Å². The van der Waals surface area contributed by atoms with Crippen LogP contribution in [0.25, 0.3) is 11.0 Å². The summed E-state index contributed by atoms with van der Waals surface area (Å²) in [5.41, 5.74) is 0.727. The van der Waals surface area contributed by atoms with E-state index in [1.165, 1.54) is 23.1 Å². The molecule has 0 radical (unpaired) electrons. The fraction of sp³-hybridized carbons (Fsp3) is 0.267. The maximum absolute atomic E-state index is 11.9. The van der Waals surface area contributed by atoms with Crippen molar-refractivity contribution in [3.05, 3.63) is 35.0 Å². The quantitative estimate of drug-likeness (QED) is 0.654. The first-order valence-corrected chi connectivity index (χ1v) is 9.18. The summed E-state index contributed by atoms with van der Waals surface area (Å²) in [5.74, 6) is 1.22. The number of carbonyl (C=O) groups excluding carboxylic acids is 1. The van der Waals surface area contributed by atoms with Gasteiger partial charge in [-0.2, -0.15) is 0 Å². The molecule has 2 amide bonds. The van der Waals surface area contributed by atoms with E-state index in [2.05, 4.69) is 20.8 Å². The Kier molecular flexibility index (Phi) is 5.21. The molecule has 9 heteroatoms. The summed E-state index contributed by atoms with van der Waals surface area (Å²) < 4.78 is 12.0. The number of carbonyl (C=O) groups is 1. The molecule has 0 fully saturated rings. The number of fused-ring (bicyclic) bond motifs is 1. The Balaban J connectivity index is 1.58. The zero-order valence-electron chi connectivity index (χ0n) is 13.2. The minimum atomic E-state index is -0.307. The van der Waals surface area contributed by atoms with E-state index >= 15 is 0 Å². The largest absolute Gasteiger partial charge is 0.492 e. The topological polar surface area (TPSA) is 89.3 Å². The number of rotatable bonds is 6. The van der Waals surface area contributed by atoms with Crippen molar-refractivity contribution < 1.29 is 13.9 Å². The fourth-order valence-electron chi connectivity index (χ4n) is 2.18. The van der Waals surface area contributed by atoms with Gasteiger partial charge in [-0.3, -0.25) is 0 Å². The zero-order chi connectivity index (χ0) is 16.9. The van der Waals surface area contributed by atoms with Gasteiger partial charge in [-0.25, -0.2) is 4.79 Å². The average Bonchev–Trinajstić information content (AvgIpc) is 3.21. The number of ether oxygens (including phenoxy) is 1. The molecule has 7 nitrogen and oxygen atoms in total. The fourth-order valence-corrected chi connectivity index (χ4v) is 3.44. The van der Waals surface area contributed by atoms with Gasteiger partial charge in [0.25, 0.3) is 0 Å². The van der Waals surface area contributed by atoms with Crippen LogP contribution in [0.1, 0.15) is 10.8 Å². The van der Waals surface area contributed by atoms with Crippen LogP contribution in [0.15, 0.2) is 33.0 Å². The van der Waals surface area contributed by atoms with Crippen molar-refractivity contribution in [1.82, 2.24) is 20.8 Å². The molecule has 1 aromatic carbocycles. The standard InChI is InChI=1S/C15H16N4O3S2/c1-21-13-9-5-3-4-6-10(9)22-11(13)7-16-14(20)17-8-12-18-19-15(23-2)24-12/h3-6H,7-8H2,1-2H3,(H2,16,17,20). The van der Waals surface area contributed by atoms with Gasteiger partial charge in [-0.15, -0.1) is 10.2 Å². The summed E-state index contributed by atoms with van der Waals surface area (Å²) in [5, 5.41) is 15.1. The van der Waals surface area contributed by atoms with E-state index in [1.54, 1.807) is 7.11 Å². The molecule has 0 spiro atoms. The summed E-state index contributed by atoms with van der Waals surface area (Å²) in [6.45, 7) is 0.567. The molecule has 126 valence electrons. The Bertz CT molecular complexity index is 846. The molecule has 2 N–H and O–H groups in total. The number of urea groups is 1. The third-order valence-corrected chi connectivity index (χ3v) is 5.15. The molecule has 0 aliphatic carbocycles. The second kappa shape index (κ2) is 7.54. The summed E-state index contributed by atoms with van der Waals surface area (Å²) in [6.07, 6.45) is 1.94. The molecule has 3 aromatic rings. The molecule has 0 aliphatic rings. The van der Waals surface area contributed by atoms with Crippen molar-refractivity contribution in [2.75, 3.05) is 13.4 Å². The molecule has 2 heterocycles. The number of methoxy groups -OCH3 is 1. The van der Waals surface area contributed by atoms with Gasteiger partial charge in [0, 0.05) is 0 Å². The van der Waals surface area contributed by atoms with Crippen molar-refractivity contribution in [3.63, 3.8) is 0 Å². The maximum atomic E-state index is 11.9. The van der Waals surface area contributed by atoms with Crippen LogP contribution in [-0.2, 0) is 13.1 Å². The predicted molar refractivity (Wildman–Crippen MR) is 93.5 cm³/mol. The number of hydrogen-bond acceptors (Lipinski definition) is 7. The molecule has 0 aliphatic heterocycles. The summed E-state index contributed by atoms with van der Waals surface area (Å²) >= 11 is 2.99. The van der Waals surface area contributed by atoms with Crippen LogP contribution in [0, 0.1) is 0 Å². The minimum Gasteiger partial charge on any atom is -0.492 e. The van der Waals surface area contributed by atoms with Crippen LogP contribution < -0.4 is 15.4 Å². The first-order valence-electron chi connectivity index (χ1n) is 7.13. The number of para-hydroxylation sites is 1. The third kappa shape index (κ3) is 3.62. The number of benzene rings is 1. The molecule has 0 saturated carbocycles. The molecular formula is C15H16N4O3S2. The van der Waals surface area contributed by atoms with E-state index in [9.17, 15) is 4.79 Å². The van der Waals surface area contributed by atoms with Crippen molar-refractivity contribution in [3.8, 4) is 5.75 Å². The summed E-state index contributed by atoms with van der Waals surface area (Å²) in [4.78, 5) is 11.9. The number of nitrogens with one attached hydrogen (secondary N) is 2. The van der Waals surface area contributed by atoms with Crippen LogP contribution in [0.5, 0.6) is 5.75 Å². The lowest BCUT2D eigenvalue weighted by Gasteiger charge is -2.06. The van der Waals surface area contributed by atoms with E-state index in [1.807, 2.05) is 30.5 Å². The summed E-state index contributed by atoms with van der Waals surface area (Å²) in [7, 11) is 1.58. The van der Waals surface area contributed by atoms with Crippen molar-refractivity contribution >= 4 is 40.1 Å². The smallest absolute Gasteiger partial charge is 0.315 e. The lowest BCUT2D eigenvalue weighted by molar-refractivity contribution is 0.239. The molecule has 0 saturated heterocycles. The second-order valence-electron chi connectivity index (χ2n) is 4.76. The highest BCUT2D eigenvalue weighted by atomic mass is 32.2. The van der Waals surface area contributed by atoms with Gasteiger partial charge in [0.15, 0.2) is 15.8 Å². The molecule has 0 unspecified atom stereocenters. The summed E-state index contributed by atoms with van der Waals surface area (Å²) in [6, 6.07) is 7.27. The Morgan fingerprint density at radius 1 is 1.29 bits per heavy atom. The van der Waals surface area contributed by atoms with Gasteiger partial charge in [-0.1, -0.05) is 35.2 Å². The first-order chi connectivity index (χ1) is 11.7. The van der Waals surface area contributed by atoms with Gasteiger partial charge >= 0.3 is 6.03 Å². The van der Waals surface area contributed by atoms with Crippen molar-refractivity contribution in [2.24, 2.45) is 0 Å². The third-order valence-electron chi connectivity index (χ3n) is 3.25. The highest BCUT2D eigenvalue weighted by Crippen LogP contribution is 2.32. The number of aromatic nitrogens is 2. The SMILES string of the molecule is COc1c(CNC(=O)NCc2nnc(SC)s2)oc2ccccc12. The van der Waals surface area contributed by atoms with E-state index in [-0.39, 0.29) is 12.6 Å². The number of amides is 2. The monoisotopic (exact) mass is 364 g/mol. The zero-order valence-corrected chi connectivity index (χ0v) is 14.8. The van der Waals surface area contributed by atoms with Crippen molar-refractivity contribution in [2.45, 2.75) is 17.4 Å². The lowest BCUT2D eigenvalue weighted by atomic mass is 10.2. The Hall–Kier alpha value is -2.26. The minimum absolute atomic E-state index is 0.232. The van der Waals surface area contributed by atoms with E-state index in [4.69, 9.17) is 9.15 Å². The molecule has 3 rings (SSSR count). The van der Waals surface area contributed by atoms with Gasteiger partial charge in [0.1, 0.15) is 10.6 Å². The number of thioether (sulfide) groups is 1. The molecule has 0 bridgehead atoms. The van der Waals surface area contributed by atoms with Gasteiger partial charge < -0.3 is 19.8 Å². The van der Waals surface area contributed by atoms with Crippen LogP contribution >= 0.6 is 23.1 Å². The van der Waals surface area contributed by atoms with Crippen LogP contribution in [0.3, 0.4) is 0 Å². The molecular weight excluding hydrogens is 348 g/mol. The van der Waals surface area contributed by atoms with Gasteiger partial charge in [0.05, 0.1) is 25.6 Å². The van der Waals surface area contributed by atoms with E-state index in [0.717, 1.165) is 20.3 Å². The average molecular weight is 364 g/mol.